The van der Waals surface area contributed by atoms with Crippen LogP contribution in [0, 0.1) is 0 Å². The summed E-state index contributed by atoms with van der Waals surface area (Å²) in [5, 5.41) is 4.07. The van der Waals surface area contributed by atoms with Gasteiger partial charge in [0.15, 0.2) is 0 Å². The largest absolute Gasteiger partial charge is 0.492 e. The van der Waals surface area contributed by atoms with E-state index in [-0.39, 0.29) is 6.04 Å². The Morgan fingerprint density at radius 1 is 1.26 bits per heavy atom. The van der Waals surface area contributed by atoms with Crippen molar-refractivity contribution >= 4 is 34.5 Å². The molecule has 2 aromatic rings. The molecule has 0 aliphatic heterocycles. The van der Waals surface area contributed by atoms with Crippen LogP contribution in [-0.4, -0.2) is 13.2 Å². The highest BCUT2D eigenvalue weighted by Crippen LogP contribution is 2.27. The number of hydrogen-bond donors (Lipinski definition) is 1. The molecule has 1 atom stereocenters. The van der Waals surface area contributed by atoms with Gasteiger partial charge in [0.05, 0.1) is 10.4 Å². The van der Waals surface area contributed by atoms with Gasteiger partial charge < -0.3 is 10.1 Å². The summed E-state index contributed by atoms with van der Waals surface area (Å²) in [7, 11) is 0. The van der Waals surface area contributed by atoms with Crippen molar-refractivity contribution in [3.8, 4) is 5.75 Å². The molecule has 0 bridgehead atoms. The van der Waals surface area contributed by atoms with Crippen LogP contribution >= 0.6 is 34.5 Å². The second-order valence-electron chi connectivity index (χ2n) is 4.02. The van der Waals surface area contributed by atoms with Gasteiger partial charge in [-0.3, -0.25) is 0 Å². The lowest BCUT2D eigenvalue weighted by Gasteiger charge is -2.17. The molecule has 1 heterocycles. The van der Waals surface area contributed by atoms with Crippen LogP contribution in [0.4, 0.5) is 0 Å². The fourth-order valence-corrected chi connectivity index (χ4v) is 3.04. The summed E-state index contributed by atoms with van der Waals surface area (Å²) >= 11 is 13.5. The lowest BCUT2D eigenvalue weighted by Crippen LogP contribution is -2.25. The van der Waals surface area contributed by atoms with E-state index in [2.05, 4.69) is 12.2 Å². The molecule has 102 valence electrons. The molecule has 0 spiro atoms. The zero-order valence-electron chi connectivity index (χ0n) is 10.5. The molecule has 0 saturated heterocycles. The van der Waals surface area contributed by atoms with Crippen LogP contribution in [0.25, 0.3) is 0 Å². The Balaban J connectivity index is 2.01. The maximum atomic E-state index is 5.98. The Labute approximate surface area is 127 Å². The maximum Gasteiger partial charge on any atom is 0.120 e. The summed E-state index contributed by atoms with van der Waals surface area (Å²) in [6.07, 6.45) is 0. The van der Waals surface area contributed by atoms with Crippen LogP contribution < -0.4 is 10.1 Å². The van der Waals surface area contributed by atoms with E-state index < -0.39 is 0 Å². The number of halogens is 2. The third kappa shape index (κ3) is 4.39. The Kier molecular flexibility index (Phi) is 5.52. The predicted octanol–water partition coefficient (Wildman–Crippen LogP) is 4.78. The number of likely N-dealkylation sites (N-methyl/N-ethyl adjacent to an activating group) is 1. The molecule has 0 saturated carbocycles. The lowest BCUT2D eigenvalue weighted by molar-refractivity contribution is 0.270. The Hall–Kier alpha value is -0.740. The number of hydrogen-bond acceptors (Lipinski definition) is 3. The molecule has 19 heavy (non-hydrogen) atoms. The molecule has 1 unspecified atom stereocenters. The Morgan fingerprint density at radius 3 is 2.74 bits per heavy atom. The predicted molar refractivity (Wildman–Crippen MR) is 82.7 cm³/mol. The summed E-state index contributed by atoms with van der Waals surface area (Å²) in [5.74, 6) is 0.776. The van der Waals surface area contributed by atoms with Gasteiger partial charge in [0.2, 0.25) is 0 Å². The van der Waals surface area contributed by atoms with Gasteiger partial charge in [0.1, 0.15) is 12.4 Å². The number of rotatable bonds is 6. The van der Waals surface area contributed by atoms with Gasteiger partial charge in [-0.05, 0) is 36.9 Å². The van der Waals surface area contributed by atoms with Crippen LogP contribution in [0.2, 0.25) is 9.36 Å². The molecular weight excluding hydrogens is 301 g/mol. The number of thiophene rings is 1. The van der Waals surface area contributed by atoms with E-state index in [1.54, 1.807) is 11.3 Å². The summed E-state index contributed by atoms with van der Waals surface area (Å²) in [6, 6.07) is 11.5. The van der Waals surface area contributed by atoms with E-state index in [1.165, 1.54) is 4.88 Å². The van der Waals surface area contributed by atoms with Gasteiger partial charge in [-0.25, -0.2) is 0 Å². The van der Waals surface area contributed by atoms with Crippen LogP contribution in [-0.2, 0) is 0 Å². The maximum absolute atomic E-state index is 5.98. The average molecular weight is 316 g/mol. The number of ether oxygens (including phenoxy) is 1. The molecule has 2 nitrogen and oxygen atoms in total. The number of nitrogens with one attached hydrogen (secondary N) is 1. The molecule has 0 radical (unpaired) electrons. The molecule has 0 amide bonds. The SMILES string of the molecule is CCNC(COc1cccc(Cl)c1)c1ccc(Cl)s1. The van der Waals surface area contributed by atoms with E-state index in [0.29, 0.717) is 11.6 Å². The van der Waals surface area contributed by atoms with Gasteiger partial charge in [-0.2, -0.15) is 0 Å². The summed E-state index contributed by atoms with van der Waals surface area (Å²) in [4.78, 5) is 1.17. The Morgan fingerprint density at radius 2 is 2.11 bits per heavy atom. The molecule has 1 aromatic carbocycles. The van der Waals surface area contributed by atoms with Gasteiger partial charge in [0.25, 0.3) is 0 Å². The molecule has 2 rings (SSSR count). The molecule has 0 aliphatic carbocycles. The third-order valence-corrected chi connectivity index (χ3v) is 4.18. The fourth-order valence-electron chi connectivity index (χ4n) is 1.74. The van der Waals surface area contributed by atoms with Gasteiger partial charge in [-0.15, -0.1) is 11.3 Å². The van der Waals surface area contributed by atoms with Gasteiger partial charge >= 0.3 is 0 Å². The third-order valence-electron chi connectivity index (χ3n) is 2.60. The molecule has 0 fully saturated rings. The van der Waals surface area contributed by atoms with Crippen molar-refractivity contribution < 1.29 is 4.74 Å². The Bertz CT molecular complexity index is 530. The first kappa shape index (κ1) is 14.7. The van der Waals surface area contributed by atoms with Crippen molar-refractivity contribution in [2.75, 3.05) is 13.2 Å². The standard InChI is InChI=1S/C14H15Cl2NOS/c1-2-17-12(13-6-7-14(16)19-13)9-18-11-5-3-4-10(15)8-11/h3-8,12,17H,2,9H2,1H3. The molecule has 1 aromatic heterocycles. The first-order valence-electron chi connectivity index (χ1n) is 6.06. The van der Waals surface area contributed by atoms with Crippen molar-refractivity contribution in [2.45, 2.75) is 13.0 Å². The van der Waals surface area contributed by atoms with Crippen LogP contribution in [0.15, 0.2) is 36.4 Å². The van der Waals surface area contributed by atoms with Crippen LogP contribution in [0.1, 0.15) is 17.8 Å². The quantitative estimate of drug-likeness (QED) is 0.828. The molecular formula is C14H15Cl2NOS. The van der Waals surface area contributed by atoms with Crippen molar-refractivity contribution in [3.05, 3.63) is 50.6 Å². The van der Waals surface area contributed by atoms with Gasteiger partial charge in [0, 0.05) is 9.90 Å². The van der Waals surface area contributed by atoms with Crippen molar-refractivity contribution in [1.82, 2.24) is 5.32 Å². The highest BCUT2D eigenvalue weighted by Gasteiger charge is 2.13. The highest BCUT2D eigenvalue weighted by atomic mass is 35.5. The minimum Gasteiger partial charge on any atom is -0.492 e. The van der Waals surface area contributed by atoms with E-state index in [4.69, 9.17) is 27.9 Å². The first-order valence-corrected chi connectivity index (χ1v) is 7.63. The minimum atomic E-state index is 0.140. The summed E-state index contributed by atoms with van der Waals surface area (Å²) in [6.45, 7) is 3.49. The fraction of sp³-hybridized carbons (Fsp3) is 0.286. The van der Waals surface area contributed by atoms with E-state index in [1.807, 2.05) is 36.4 Å². The smallest absolute Gasteiger partial charge is 0.120 e. The van der Waals surface area contributed by atoms with E-state index in [0.717, 1.165) is 16.6 Å². The monoisotopic (exact) mass is 315 g/mol. The van der Waals surface area contributed by atoms with Crippen molar-refractivity contribution in [1.29, 1.82) is 0 Å². The highest BCUT2D eigenvalue weighted by molar-refractivity contribution is 7.16. The lowest BCUT2D eigenvalue weighted by atomic mass is 10.2. The topological polar surface area (TPSA) is 21.3 Å². The second kappa shape index (κ2) is 7.15. The van der Waals surface area contributed by atoms with Crippen molar-refractivity contribution in [3.63, 3.8) is 0 Å². The van der Waals surface area contributed by atoms with Crippen LogP contribution in [0.3, 0.4) is 0 Å². The van der Waals surface area contributed by atoms with E-state index in [9.17, 15) is 0 Å². The minimum absolute atomic E-state index is 0.140. The zero-order chi connectivity index (χ0) is 13.7. The average Bonchev–Trinajstić information content (AvgIpc) is 2.81. The number of benzene rings is 1. The summed E-state index contributed by atoms with van der Waals surface area (Å²) in [5.41, 5.74) is 0. The van der Waals surface area contributed by atoms with Crippen LogP contribution in [0.5, 0.6) is 5.75 Å². The normalized spacial score (nSPS) is 12.4. The zero-order valence-corrected chi connectivity index (χ0v) is 12.9. The molecule has 5 heteroatoms. The molecule has 0 aliphatic rings. The summed E-state index contributed by atoms with van der Waals surface area (Å²) < 4.78 is 6.57. The first-order chi connectivity index (χ1) is 9.19. The van der Waals surface area contributed by atoms with Crippen molar-refractivity contribution in [2.24, 2.45) is 0 Å². The van der Waals surface area contributed by atoms with E-state index >= 15 is 0 Å². The molecule has 1 N–H and O–H groups in total. The van der Waals surface area contributed by atoms with Gasteiger partial charge in [-0.1, -0.05) is 36.2 Å². The second-order valence-corrected chi connectivity index (χ2v) is 6.20.